The van der Waals surface area contributed by atoms with Crippen LogP contribution in [0.5, 0.6) is 17.2 Å². The zero-order valence-corrected chi connectivity index (χ0v) is 17.2. The third-order valence-electron chi connectivity index (χ3n) is 4.57. The normalized spacial score (nSPS) is 12.4. The second kappa shape index (κ2) is 10.2. The molecule has 1 N–H and O–H groups in total. The molecule has 0 aliphatic heterocycles. The number of halogens is 3. The van der Waals surface area contributed by atoms with E-state index < -0.39 is 12.4 Å². The molecule has 0 spiro atoms. The van der Waals surface area contributed by atoms with Gasteiger partial charge in [0.25, 0.3) is 0 Å². The number of benzene rings is 2. The number of hydrogen-bond donors (Lipinski definition) is 1. The second-order valence-corrected chi connectivity index (χ2v) is 6.65. The Morgan fingerprint density at radius 1 is 1.07 bits per heavy atom. The van der Waals surface area contributed by atoms with Gasteiger partial charge in [-0.05, 0) is 37.7 Å². The van der Waals surface area contributed by atoms with Gasteiger partial charge in [0, 0.05) is 18.7 Å². The molecule has 0 radical (unpaired) electrons. The zero-order valence-electron chi connectivity index (χ0n) is 17.2. The first-order chi connectivity index (χ1) is 14.1. The summed E-state index contributed by atoms with van der Waals surface area (Å²) in [6, 6.07) is 10.6. The van der Waals surface area contributed by atoms with E-state index in [9.17, 15) is 18.0 Å². The van der Waals surface area contributed by atoms with Crippen LogP contribution in [0, 0.1) is 0 Å². The second-order valence-electron chi connectivity index (χ2n) is 6.65. The van der Waals surface area contributed by atoms with Crippen LogP contribution in [0.3, 0.4) is 0 Å². The number of alkyl halides is 3. The molecule has 1 atom stereocenters. The molecule has 1 amide bonds. The van der Waals surface area contributed by atoms with Gasteiger partial charge in [0.15, 0.2) is 11.5 Å². The third-order valence-corrected chi connectivity index (χ3v) is 4.57. The minimum atomic E-state index is -4.78. The lowest BCUT2D eigenvalue weighted by Gasteiger charge is -2.25. The van der Waals surface area contributed by atoms with Crippen molar-refractivity contribution in [1.82, 2.24) is 10.2 Å². The fourth-order valence-electron chi connectivity index (χ4n) is 2.79. The van der Waals surface area contributed by atoms with E-state index >= 15 is 0 Å². The Hall–Kier alpha value is -2.94. The molecule has 0 aliphatic rings. The molecule has 0 aliphatic carbocycles. The van der Waals surface area contributed by atoms with Crippen LogP contribution < -0.4 is 19.5 Å². The summed E-state index contributed by atoms with van der Waals surface area (Å²) < 4.78 is 52.3. The number of methoxy groups -OCH3 is 2. The quantitative estimate of drug-likeness (QED) is 0.662. The van der Waals surface area contributed by atoms with E-state index in [0.717, 1.165) is 5.56 Å². The minimum absolute atomic E-state index is 0.108. The van der Waals surface area contributed by atoms with E-state index in [-0.39, 0.29) is 24.7 Å². The van der Waals surface area contributed by atoms with E-state index in [1.54, 1.807) is 43.1 Å². The number of para-hydroxylation sites is 1. The van der Waals surface area contributed by atoms with Crippen molar-refractivity contribution in [2.24, 2.45) is 0 Å². The van der Waals surface area contributed by atoms with Gasteiger partial charge in [-0.3, -0.25) is 9.69 Å². The van der Waals surface area contributed by atoms with Crippen molar-refractivity contribution < 1.29 is 32.2 Å². The Bertz CT molecular complexity index is 858. The average Bonchev–Trinajstić information content (AvgIpc) is 2.71. The lowest BCUT2D eigenvalue weighted by molar-refractivity contribution is -0.275. The first-order valence-electron chi connectivity index (χ1n) is 9.17. The topological polar surface area (TPSA) is 60.0 Å². The van der Waals surface area contributed by atoms with Crippen LogP contribution in [0.2, 0.25) is 0 Å². The van der Waals surface area contributed by atoms with Gasteiger partial charge < -0.3 is 19.5 Å². The van der Waals surface area contributed by atoms with E-state index in [0.29, 0.717) is 17.1 Å². The molecule has 0 fully saturated rings. The smallest absolute Gasteiger partial charge is 0.493 e. The van der Waals surface area contributed by atoms with Crippen molar-refractivity contribution in [3.8, 4) is 17.2 Å². The predicted octanol–water partition coefficient (Wildman–Crippen LogP) is 3.74. The van der Waals surface area contributed by atoms with Gasteiger partial charge in [-0.15, -0.1) is 13.2 Å². The van der Waals surface area contributed by atoms with Crippen LogP contribution in [-0.4, -0.2) is 44.5 Å². The summed E-state index contributed by atoms with van der Waals surface area (Å²) in [5.74, 6) is 0.590. The predicted molar refractivity (Wildman–Crippen MR) is 105 cm³/mol. The first-order valence-corrected chi connectivity index (χ1v) is 9.17. The van der Waals surface area contributed by atoms with Crippen molar-refractivity contribution in [2.45, 2.75) is 32.4 Å². The molecule has 1 unspecified atom stereocenters. The van der Waals surface area contributed by atoms with Crippen LogP contribution in [0.1, 0.15) is 18.1 Å². The lowest BCUT2D eigenvalue weighted by Crippen LogP contribution is -2.42. The van der Waals surface area contributed by atoms with Gasteiger partial charge in [-0.2, -0.15) is 0 Å². The largest absolute Gasteiger partial charge is 0.573 e. The molecular formula is C21H25F3N2O4. The molecule has 30 heavy (non-hydrogen) atoms. The van der Waals surface area contributed by atoms with Gasteiger partial charge in [0.1, 0.15) is 5.75 Å². The van der Waals surface area contributed by atoms with Crippen molar-refractivity contribution >= 4 is 5.91 Å². The summed E-state index contributed by atoms with van der Waals surface area (Å²) in [4.78, 5) is 14.2. The summed E-state index contributed by atoms with van der Waals surface area (Å²) in [6.07, 6.45) is -4.78. The van der Waals surface area contributed by atoms with Gasteiger partial charge in [0.05, 0.1) is 20.3 Å². The van der Waals surface area contributed by atoms with Gasteiger partial charge in [-0.1, -0.05) is 24.3 Å². The molecule has 0 heterocycles. The van der Waals surface area contributed by atoms with Crippen molar-refractivity contribution in [2.75, 3.05) is 21.3 Å². The summed E-state index contributed by atoms with van der Waals surface area (Å²) in [5.41, 5.74) is 1.15. The number of rotatable bonds is 9. The number of carbonyl (C=O) groups excluding carboxylic acids is 1. The highest BCUT2D eigenvalue weighted by atomic mass is 19.4. The summed E-state index contributed by atoms with van der Waals surface area (Å²) >= 11 is 0. The maximum absolute atomic E-state index is 12.6. The highest BCUT2D eigenvalue weighted by Gasteiger charge is 2.32. The first kappa shape index (κ1) is 23.3. The zero-order chi connectivity index (χ0) is 22.3. The average molecular weight is 426 g/mol. The fourth-order valence-corrected chi connectivity index (χ4v) is 2.79. The number of likely N-dealkylation sites (N-methyl/N-ethyl adjacent to an activating group) is 1. The number of amides is 1. The number of nitrogens with zero attached hydrogens (tertiary/aromatic N) is 1. The summed E-state index contributed by atoms with van der Waals surface area (Å²) in [7, 11) is 4.72. The Morgan fingerprint density at radius 3 is 2.37 bits per heavy atom. The van der Waals surface area contributed by atoms with Crippen LogP contribution in [0.15, 0.2) is 42.5 Å². The van der Waals surface area contributed by atoms with Crippen LogP contribution in [0.25, 0.3) is 0 Å². The van der Waals surface area contributed by atoms with E-state index in [4.69, 9.17) is 9.47 Å². The number of carbonyl (C=O) groups is 1. The number of nitrogens with one attached hydrogen (secondary N) is 1. The highest BCUT2D eigenvalue weighted by Crippen LogP contribution is 2.28. The molecule has 9 heteroatoms. The standard InChI is InChI=1S/C21H25F3N2O4/c1-14(20(27)25-12-15-9-10-18(28-3)19(11-15)29-4)26(2)13-16-7-5-6-8-17(16)30-21(22,23)24/h5-11,14H,12-13H2,1-4H3,(H,25,27). The maximum atomic E-state index is 12.6. The molecule has 2 aromatic carbocycles. The van der Waals surface area contributed by atoms with Gasteiger partial charge >= 0.3 is 6.36 Å². The lowest BCUT2D eigenvalue weighted by atomic mass is 10.1. The van der Waals surface area contributed by atoms with Crippen LogP contribution in [-0.2, 0) is 17.9 Å². The van der Waals surface area contributed by atoms with Gasteiger partial charge in [-0.25, -0.2) is 0 Å². The summed E-state index contributed by atoms with van der Waals surface area (Å²) in [5, 5.41) is 2.82. The molecule has 0 bridgehead atoms. The van der Waals surface area contributed by atoms with E-state index in [1.165, 1.54) is 32.4 Å². The Balaban J connectivity index is 1.98. The molecule has 0 saturated carbocycles. The molecule has 2 aromatic rings. The molecule has 2 rings (SSSR count). The maximum Gasteiger partial charge on any atom is 0.573 e. The Labute approximate surface area is 173 Å². The Morgan fingerprint density at radius 2 is 1.73 bits per heavy atom. The van der Waals surface area contributed by atoms with E-state index in [2.05, 4.69) is 10.1 Å². The highest BCUT2D eigenvalue weighted by molar-refractivity contribution is 5.81. The molecule has 0 aromatic heterocycles. The molecular weight excluding hydrogens is 401 g/mol. The van der Waals surface area contributed by atoms with Gasteiger partial charge in [0.2, 0.25) is 5.91 Å². The number of hydrogen-bond acceptors (Lipinski definition) is 5. The van der Waals surface area contributed by atoms with Crippen LogP contribution in [0.4, 0.5) is 13.2 Å². The van der Waals surface area contributed by atoms with E-state index in [1.807, 2.05) is 0 Å². The van der Waals surface area contributed by atoms with Crippen molar-refractivity contribution in [3.05, 3.63) is 53.6 Å². The third kappa shape index (κ3) is 6.55. The SMILES string of the molecule is COc1ccc(CNC(=O)C(C)N(C)Cc2ccccc2OC(F)(F)F)cc1OC. The fraction of sp³-hybridized carbons (Fsp3) is 0.381. The molecule has 0 saturated heterocycles. The van der Waals surface area contributed by atoms with Crippen molar-refractivity contribution in [1.29, 1.82) is 0 Å². The van der Waals surface area contributed by atoms with Crippen LogP contribution >= 0.6 is 0 Å². The Kier molecular flexibility index (Phi) is 7.93. The summed E-state index contributed by atoms with van der Waals surface area (Å²) in [6.45, 7) is 2.06. The molecule has 6 nitrogen and oxygen atoms in total. The number of ether oxygens (including phenoxy) is 3. The van der Waals surface area contributed by atoms with Crippen molar-refractivity contribution in [3.63, 3.8) is 0 Å². The molecule has 164 valence electrons. The minimum Gasteiger partial charge on any atom is -0.493 e. The monoisotopic (exact) mass is 426 g/mol.